The highest BCUT2D eigenvalue weighted by atomic mass is 16.5. The van der Waals surface area contributed by atoms with Crippen LogP contribution in [0.2, 0.25) is 0 Å². The van der Waals surface area contributed by atoms with Crippen molar-refractivity contribution in [2.45, 2.75) is 47.6 Å². The number of aromatic nitrogens is 2. The summed E-state index contributed by atoms with van der Waals surface area (Å²) < 4.78 is 5.56. The van der Waals surface area contributed by atoms with Crippen molar-refractivity contribution in [1.29, 1.82) is 0 Å². The lowest BCUT2D eigenvalue weighted by Crippen LogP contribution is -2.37. The number of carbonyl (C=O) groups excluding carboxylic acids is 2. The molecule has 1 aromatic carbocycles. The van der Waals surface area contributed by atoms with Gasteiger partial charge in [0.2, 0.25) is 5.91 Å². The zero-order chi connectivity index (χ0) is 24.0. The Labute approximate surface area is 195 Å². The Bertz CT molecular complexity index is 1080. The van der Waals surface area contributed by atoms with Crippen molar-refractivity contribution in [1.82, 2.24) is 20.4 Å². The monoisotopic (exact) mass is 448 g/mol. The third-order valence-corrected chi connectivity index (χ3v) is 5.35. The molecule has 0 unspecified atom stereocenters. The van der Waals surface area contributed by atoms with Crippen molar-refractivity contribution in [3.05, 3.63) is 70.7 Å². The van der Waals surface area contributed by atoms with Crippen LogP contribution >= 0.6 is 0 Å². The quantitative estimate of drug-likeness (QED) is 0.522. The lowest BCUT2D eigenvalue weighted by molar-refractivity contribution is -0.121. The average Bonchev–Trinajstić information content (AvgIpc) is 3.24. The van der Waals surface area contributed by atoms with Crippen LogP contribution in [0.4, 0.5) is 0 Å². The summed E-state index contributed by atoms with van der Waals surface area (Å²) in [6.07, 6.45) is 3.62. The highest BCUT2D eigenvalue weighted by Crippen LogP contribution is 2.29. The predicted molar refractivity (Wildman–Crippen MR) is 128 cm³/mol. The van der Waals surface area contributed by atoms with Crippen LogP contribution in [0, 0.1) is 26.7 Å². The predicted octanol–water partition coefficient (Wildman–Crippen LogP) is 4.47. The number of carbonyl (C=O) groups is 2. The van der Waals surface area contributed by atoms with Crippen molar-refractivity contribution in [3.8, 4) is 11.3 Å². The molecule has 7 heteroatoms. The van der Waals surface area contributed by atoms with E-state index in [0.29, 0.717) is 25.4 Å². The molecule has 0 spiro atoms. The molecule has 0 radical (unpaired) electrons. The van der Waals surface area contributed by atoms with Gasteiger partial charge in [0.1, 0.15) is 0 Å². The second-order valence-corrected chi connectivity index (χ2v) is 8.88. The molecule has 33 heavy (non-hydrogen) atoms. The summed E-state index contributed by atoms with van der Waals surface area (Å²) in [6.45, 7) is 11.4. The van der Waals surface area contributed by atoms with E-state index in [-0.39, 0.29) is 29.8 Å². The van der Waals surface area contributed by atoms with Crippen LogP contribution in [0.3, 0.4) is 0 Å². The second-order valence-electron chi connectivity index (χ2n) is 8.88. The number of rotatable bonds is 9. The molecule has 2 aromatic heterocycles. The van der Waals surface area contributed by atoms with Gasteiger partial charge in [-0.1, -0.05) is 42.8 Å². The minimum absolute atomic E-state index is 0.118. The first-order chi connectivity index (χ1) is 15.7. The molecule has 0 aliphatic rings. The minimum atomic E-state index is -0.235. The third-order valence-electron chi connectivity index (χ3n) is 5.35. The van der Waals surface area contributed by atoms with Crippen molar-refractivity contribution in [2.75, 3.05) is 13.1 Å². The van der Waals surface area contributed by atoms with Gasteiger partial charge in [0.15, 0.2) is 11.5 Å². The molecule has 3 aromatic rings. The van der Waals surface area contributed by atoms with E-state index < -0.39 is 0 Å². The van der Waals surface area contributed by atoms with E-state index in [1.807, 2.05) is 39.8 Å². The molecular formula is C26H32N4O3. The fourth-order valence-electron chi connectivity index (χ4n) is 3.97. The molecule has 0 aliphatic carbocycles. The van der Waals surface area contributed by atoms with E-state index in [0.717, 1.165) is 22.3 Å². The number of aryl methyl sites for hydroxylation is 3. The van der Waals surface area contributed by atoms with Gasteiger partial charge in [-0.2, -0.15) is 0 Å². The van der Waals surface area contributed by atoms with Gasteiger partial charge in [-0.25, -0.2) is 0 Å². The van der Waals surface area contributed by atoms with E-state index in [2.05, 4.69) is 34.5 Å². The first kappa shape index (κ1) is 24.2. The molecule has 1 N–H and O–H groups in total. The summed E-state index contributed by atoms with van der Waals surface area (Å²) in [5.41, 5.74) is 5.46. The molecule has 7 nitrogen and oxygen atoms in total. The molecule has 0 aliphatic heterocycles. The van der Waals surface area contributed by atoms with Crippen molar-refractivity contribution >= 4 is 11.8 Å². The smallest absolute Gasteiger partial charge is 0.276 e. The highest BCUT2D eigenvalue weighted by molar-refractivity contribution is 5.93. The number of benzene rings is 1. The van der Waals surface area contributed by atoms with Gasteiger partial charge in [0.05, 0.1) is 0 Å². The molecule has 0 fully saturated rings. The van der Waals surface area contributed by atoms with Gasteiger partial charge in [-0.15, -0.1) is 0 Å². The Hall–Kier alpha value is -3.48. The fraction of sp³-hybridized carbons (Fsp3) is 0.385. The number of nitrogens with one attached hydrogen (secondary N) is 1. The number of hydrogen-bond donors (Lipinski definition) is 1. The number of nitrogens with zero attached hydrogens (tertiary/aromatic N) is 3. The Morgan fingerprint density at radius 3 is 2.48 bits per heavy atom. The molecule has 0 atom stereocenters. The van der Waals surface area contributed by atoms with E-state index in [1.54, 1.807) is 23.4 Å². The number of hydrogen-bond acceptors (Lipinski definition) is 5. The summed E-state index contributed by atoms with van der Waals surface area (Å²) >= 11 is 0. The molecule has 3 rings (SSSR count). The van der Waals surface area contributed by atoms with Crippen LogP contribution < -0.4 is 5.32 Å². The van der Waals surface area contributed by atoms with Crippen LogP contribution in [0.5, 0.6) is 0 Å². The fourth-order valence-corrected chi connectivity index (χ4v) is 3.97. The summed E-state index contributed by atoms with van der Waals surface area (Å²) in [6, 6.07) is 9.60. The Morgan fingerprint density at radius 2 is 1.85 bits per heavy atom. The van der Waals surface area contributed by atoms with Crippen molar-refractivity contribution in [2.24, 2.45) is 5.92 Å². The zero-order valence-electron chi connectivity index (χ0n) is 20.0. The lowest BCUT2D eigenvalue weighted by atomic mass is 9.98. The van der Waals surface area contributed by atoms with Gasteiger partial charge in [0.25, 0.3) is 5.91 Å². The average molecular weight is 449 g/mol. The molecule has 0 saturated carbocycles. The number of amides is 2. The first-order valence-corrected chi connectivity index (χ1v) is 11.2. The van der Waals surface area contributed by atoms with Gasteiger partial charge >= 0.3 is 0 Å². The highest BCUT2D eigenvalue weighted by Gasteiger charge is 2.23. The van der Waals surface area contributed by atoms with E-state index >= 15 is 0 Å². The largest absolute Gasteiger partial charge is 0.355 e. The maximum Gasteiger partial charge on any atom is 0.276 e. The lowest BCUT2D eigenvalue weighted by Gasteiger charge is -2.23. The molecule has 2 amide bonds. The van der Waals surface area contributed by atoms with Crippen LogP contribution in [-0.4, -0.2) is 39.9 Å². The van der Waals surface area contributed by atoms with Gasteiger partial charge in [-0.3, -0.25) is 14.6 Å². The van der Waals surface area contributed by atoms with E-state index in [9.17, 15) is 9.59 Å². The maximum atomic E-state index is 13.2. The molecule has 2 heterocycles. The van der Waals surface area contributed by atoms with Crippen molar-refractivity contribution in [3.63, 3.8) is 0 Å². The SMILES string of the molecule is Cc1cc(C)c(-c2cc(C(=O)N(CCC(=O)NCc3cccnc3)CC(C)C)no2)c(C)c1. The topological polar surface area (TPSA) is 88.3 Å². The van der Waals surface area contributed by atoms with Crippen LogP contribution in [0.1, 0.15) is 53.0 Å². The molecule has 0 bridgehead atoms. The van der Waals surface area contributed by atoms with Crippen LogP contribution in [0.15, 0.2) is 47.2 Å². The Balaban J connectivity index is 1.68. The Kier molecular flexibility index (Phi) is 7.98. The normalized spacial score (nSPS) is 11.0. The molecular weight excluding hydrogens is 416 g/mol. The maximum absolute atomic E-state index is 13.2. The third kappa shape index (κ3) is 6.51. The van der Waals surface area contributed by atoms with Crippen molar-refractivity contribution < 1.29 is 14.1 Å². The molecule has 0 saturated heterocycles. The van der Waals surface area contributed by atoms with Crippen LogP contribution in [-0.2, 0) is 11.3 Å². The summed E-state index contributed by atoms with van der Waals surface area (Å²) in [5, 5.41) is 6.93. The zero-order valence-corrected chi connectivity index (χ0v) is 20.0. The van der Waals surface area contributed by atoms with Gasteiger partial charge in [0, 0.05) is 50.1 Å². The van der Waals surface area contributed by atoms with E-state index in [1.165, 1.54) is 5.56 Å². The van der Waals surface area contributed by atoms with Gasteiger partial charge in [-0.05, 0) is 49.4 Å². The Morgan fingerprint density at radius 1 is 1.12 bits per heavy atom. The summed E-state index contributed by atoms with van der Waals surface area (Å²) in [4.78, 5) is 31.3. The number of pyridine rings is 1. The summed E-state index contributed by atoms with van der Waals surface area (Å²) in [5.74, 6) is 0.473. The first-order valence-electron chi connectivity index (χ1n) is 11.2. The van der Waals surface area contributed by atoms with Crippen LogP contribution in [0.25, 0.3) is 11.3 Å². The van der Waals surface area contributed by atoms with E-state index in [4.69, 9.17) is 4.52 Å². The molecule has 174 valence electrons. The minimum Gasteiger partial charge on any atom is -0.355 e. The second kappa shape index (κ2) is 10.9. The van der Waals surface area contributed by atoms with Gasteiger partial charge < -0.3 is 14.7 Å². The standard InChI is InChI=1S/C26H32N4O3/c1-17(2)16-30(10-8-24(31)28-15-21-7-6-9-27-14-21)26(32)22-13-23(33-29-22)25-19(4)11-18(3)12-20(25)5/h6-7,9,11-14,17H,8,10,15-16H2,1-5H3,(H,28,31). The summed E-state index contributed by atoms with van der Waals surface area (Å²) in [7, 11) is 0.